The third-order valence-corrected chi connectivity index (χ3v) is 2.99. The zero-order valence-electron chi connectivity index (χ0n) is 12.0. The van der Waals surface area contributed by atoms with E-state index in [-0.39, 0.29) is 16.2 Å². The van der Waals surface area contributed by atoms with Gasteiger partial charge in [0.25, 0.3) is 0 Å². The molecule has 3 nitrogen and oxygen atoms in total. The van der Waals surface area contributed by atoms with Gasteiger partial charge in [0.1, 0.15) is 10.8 Å². The summed E-state index contributed by atoms with van der Waals surface area (Å²) in [6.07, 6.45) is 0. The average molecular weight is 283 g/mol. The van der Waals surface area contributed by atoms with Crippen LogP contribution in [0.25, 0.3) is 0 Å². The zero-order valence-corrected chi connectivity index (χ0v) is 12.8. The number of halogens is 1. The number of hydrogen-bond donors (Lipinski definition) is 2. The lowest BCUT2D eigenvalue weighted by atomic mass is 9.93. The van der Waals surface area contributed by atoms with Crippen LogP contribution in [-0.4, -0.2) is 37.1 Å². The van der Waals surface area contributed by atoms with E-state index in [9.17, 15) is 4.39 Å². The highest BCUT2D eigenvalue weighted by Gasteiger charge is 2.19. The minimum Gasteiger partial charge on any atom is -0.389 e. The van der Waals surface area contributed by atoms with Gasteiger partial charge in [0.05, 0.1) is 5.69 Å². The van der Waals surface area contributed by atoms with E-state index in [1.165, 1.54) is 6.07 Å². The lowest BCUT2D eigenvalue weighted by Crippen LogP contribution is -2.34. The molecule has 0 aliphatic rings. The van der Waals surface area contributed by atoms with Crippen molar-refractivity contribution in [3.63, 3.8) is 0 Å². The van der Waals surface area contributed by atoms with Crippen molar-refractivity contribution in [1.82, 2.24) is 4.90 Å². The summed E-state index contributed by atoms with van der Waals surface area (Å²) in [7, 11) is 4.05. The van der Waals surface area contributed by atoms with Crippen LogP contribution in [0.15, 0.2) is 18.2 Å². The molecule has 0 atom stereocenters. The summed E-state index contributed by atoms with van der Waals surface area (Å²) in [5.74, 6) is -0.328. The highest BCUT2D eigenvalue weighted by atomic mass is 32.1. The summed E-state index contributed by atoms with van der Waals surface area (Å²) >= 11 is 4.82. The first-order valence-electron chi connectivity index (χ1n) is 6.19. The van der Waals surface area contributed by atoms with Crippen LogP contribution < -0.4 is 11.1 Å². The van der Waals surface area contributed by atoms with Gasteiger partial charge in [-0.3, -0.25) is 0 Å². The van der Waals surface area contributed by atoms with Gasteiger partial charge < -0.3 is 16.0 Å². The molecule has 0 saturated heterocycles. The SMILES string of the molecule is CN(C)CC(C)(C)CNc1ccc(C(N)=S)cc1F. The maximum absolute atomic E-state index is 13.9. The Kier molecular flexibility index (Phi) is 5.26. The van der Waals surface area contributed by atoms with Gasteiger partial charge in [-0.25, -0.2) is 4.39 Å². The van der Waals surface area contributed by atoms with E-state index in [0.717, 1.165) is 6.54 Å². The molecule has 1 aromatic rings. The summed E-state index contributed by atoms with van der Waals surface area (Å²) in [6, 6.07) is 4.77. The molecule has 1 aromatic carbocycles. The molecule has 0 fully saturated rings. The fraction of sp³-hybridized carbons (Fsp3) is 0.500. The molecule has 1 rings (SSSR count). The Labute approximate surface area is 120 Å². The zero-order chi connectivity index (χ0) is 14.6. The van der Waals surface area contributed by atoms with Crippen LogP contribution in [0.4, 0.5) is 10.1 Å². The van der Waals surface area contributed by atoms with E-state index < -0.39 is 0 Å². The predicted octanol–water partition coefficient (Wildman–Crippen LogP) is 2.46. The number of benzene rings is 1. The molecular formula is C14H22FN3S. The van der Waals surface area contributed by atoms with Crippen molar-refractivity contribution in [2.24, 2.45) is 11.1 Å². The molecular weight excluding hydrogens is 261 g/mol. The van der Waals surface area contributed by atoms with E-state index >= 15 is 0 Å². The normalized spacial score (nSPS) is 11.7. The van der Waals surface area contributed by atoms with Crippen molar-refractivity contribution in [3.8, 4) is 0 Å². The van der Waals surface area contributed by atoms with Gasteiger partial charge in [-0.1, -0.05) is 26.1 Å². The van der Waals surface area contributed by atoms with E-state index in [1.54, 1.807) is 12.1 Å². The molecule has 0 bridgehead atoms. The molecule has 0 saturated carbocycles. The molecule has 0 spiro atoms. The second kappa shape index (κ2) is 6.30. The average Bonchev–Trinajstić information content (AvgIpc) is 2.25. The lowest BCUT2D eigenvalue weighted by molar-refractivity contribution is 0.254. The first-order valence-corrected chi connectivity index (χ1v) is 6.60. The Morgan fingerprint density at radius 3 is 2.53 bits per heavy atom. The highest BCUT2D eigenvalue weighted by molar-refractivity contribution is 7.80. The van der Waals surface area contributed by atoms with Crippen LogP contribution >= 0.6 is 12.2 Å². The number of thiocarbonyl (C=S) groups is 1. The molecule has 0 radical (unpaired) electrons. The van der Waals surface area contributed by atoms with Crippen molar-refractivity contribution in [2.45, 2.75) is 13.8 Å². The summed E-state index contributed by atoms with van der Waals surface area (Å²) in [6.45, 7) is 5.89. The first kappa shape index (κ1) is 15.9. The monoisotopic (exact) mass is 283 g/mol. The number of nitrogens with two attached hydrogens (primary N) is 1. The van der Waals surface area contributed by atoms with Crippen molar-refractivity contribution >= 4 is 22.9 Å². The highest BCUT2D eigenvalue weighted by Crippen LogP contribution is 2.20. The summed E-state index contributed by atoms with van der Waals surface area (Å²) in [4.78, 5) is 2.33. The third kappa shape index (κ3) is 5.12. The van der Waals surface area contributed by atoms with E-state index in [2.05, 4.69) is 24.1 Å². The van der Waals surface area contributed by atoms with Crippen LogP contribution in [0.1, 0.15) is 19.4 Å². The second-order valence-corrected chi connectivity index (χ2v) is 6.25. The number of anilines is 1. The Morgan fingerprint density at radius 2 is 2.05 bits per heavy atom. The van der Waals surface area contributed by atoms with Crippen LogP contribution in [-0.2, 0) is 0 Å². The molecule has 0 heterocycles. The van der Waals surface area contributed by atoms with Crippen molar-refractivity contribution in [3.05, 3.63) is 29.6 Å². The van der Waals surface area contributed by atoms with Gasteiger partial charge in [-0.2, -0.15) is 0 Å². The van der Waals surface area contributed by atoms with Crippen LogP contribution in [0.5, 0.6) is 0 Å². The predicted molar refractivity (Wildman–Crippen MR) is 83.1 cm³/mol. The van der Waals surface area contributed by atoms with Gasteiger partial charge in [-0.15, -0.1) is 0 Å². The summed E-state index contributed by atoms with van der Waals surface area (Å²) in [5, 5.41) is 3.14. The summed E-state index contributed by atoms with van der Waals surface area (Å²) < 4.78 is 13.9. The molecule has 106 valence electrons. The third-order valence-electron chi connectivity index (χ3n) is 2.76. The Balaban J connectivity index is 2.71. The van der Waals surface area contributed by atoms with Crippen molar-refractivity contribution in [1.29, 1.82) is 0 Å². The van der Waals surface area contributed by atoms with Gasteiger partial charge in [0.2, 0.25) is 0 Å². The smallest absolute Gasteiger partial charge is 0.146 e. The Bertz CT molecular complexity index is 458. The van der Waals surface area contributed by atoms with Crippen molar-refractivity contribution < 1.29 is 4.39 Å². The number of nitrogens with zero attached hydrogens (tertiary/aromatic N) is 1. The molecule has 19 heavy (non-hydrogen) atoms. The lowest BCUT2D eigenvalue weighted by Gasteiger charge is -2.29. The fourth-order valence-electron chi connectivity index (χ4n) is 2.06. The van der Waals surface area contributed by atoms with Gasteiger partial charge in [0.15, 0.2) is 0 Å². The largest absolute Gasteiger partial charge is 0.389 e. The maximum atomic E-state index is 13.9. The molecule has 0 aliphatic heterocycles. The molecule has 0 unspecified atom stereocenters. The molecule has 3 N–H and O–H groups in total. The van der Waals surface area contributed by atoms with Crippen LogP contribution in [0, 0.1) is 11.2 Å². The molecule has 0 aromatic heterocycles. The number of hydrogen-bond acceptors (Lipinski definition) is 3. The van der Waals surface area contributed by atoms with E-state index in [0.29, 0.717) is 17.8 Å². The van der Waals surface area contributed by atoms with Gasteiger partial charge in [0, 0.05) is 18.7 Å². The number of nitrogens with one attached hydrogen (secondary N) is 1. The Morgan fingerprint density at radius 1 is 1.42 bits per heavy atom. The molecule has 0 amide bonds. The van der Waals surface area contributed by atoms with Gasteiger partial charge >= 0.3 is 0 Å². The standard InChI is InChI=1S/C14H22FN3S/c1-14(2,9-18(3)4)8-17-12-6-5-10(13(16)19)7-11(12)15/h5-7,17H,8-9H2,1-4H3,(H2,16,19). The summed E-state index contributed by atoms with van der Waals surface area (Å²) in [5.41, 5.74) is 6.55. The minimum absolute atomic E-state index is 0.0534. The van der Waals surface area contributed by atoms with E-state index in [1.807, 2.05) is 14.1 Å². The molecule has 5 heteroatoms. The molecule has 0 aliphatic carbocycles. The topological polar surface area (TPSA) is 41.3 Å². The maximum Gasteiger partial charge on any atom is 0.146 e. The van der Waals surface area contributed by atoms with Gasteiger partial charge in [-0.05, 0) is 37.7 Å². The first-order chi connectivity index (χ1) is 8.71. The quantitative estimate of drug-likeness (QED) is 0.787. The van der Waals surface area contributed by atoms with Crippen LogP contribution in [0.2, 0.25) is 0 Å². The second-order valence-electron chi connectivity index (χ2n) is 5.81. The van der Waals surface area contributed by atoms with Crippen molar-refractivity contribution in [2.75, 3.05) is 32.5 Å². The van der Waals surface area contributed by atoms with Crippen LogP contribution in [0.3, 0.4) is 0 Å². The number of rotatable bonds is 6. The fourth-order valence-corrected chi connectivity index (χ4v) is 2.19. The van der Waals surface area contributed by atoms with E-state index in [4.69, 9.17) is 18.0 Å². The minimum atomic E-state index is -0.328. The Hall–Kier alpha value is -1.20.